The number of anilines is 1. The minimum atomic E-state index is -0.0621. The van der Waals surface area contributed by atoms with Crippen LogP contribution in [0.2, 0.25) is 10.0 Å². The van der Waals surface area contributed by atoms with Crippen molar-refractivity contribution >= 4 is 35.1 Å². The lowest BCUT2D eigenvalue weighted by molar-refractivity contribution is 0.0792. The summed E-state index contributed by atoms with van der Waals surface area (Å²) in [6, 6.07) is 5.44. The Morgan fingerprint density at radius 2 is 1.96 bits per heavy atom. The zero-order valence-electron chi connectivity index (χ0n) is 14.4. The fourth-order valence-electron chi connectivity index (χ4n) is 2.28. The van der Waals surface area contributed by atoms with E-state index in [1.165, 1.54) is 0 Å². The van der Waals surface area contributed by atoms with Crippen molar-refractivity contribution in [2.24, 2.45) is 0 Å². The summed E-state index contributed by atoms with van der Waals surface area (Å²) >= 11 is 12.0. The highest BCUT2D eigenvalue weighted by Crippen LogP contribution is 2.21. The van der Waals surface area contributed by atoms with Crippen molar-refractivity contribution in [3.63, 3.8) is 0 Å². The molecule has 0 saturated carbocycles. The van der Waals surface area contributed by atoms with Gasteiger partial charge < -0.3 is 10.2 Å². The van der Waals surface area contributed by atoms with Gasteiger partial charge in [-0.3, -0.25) is 4.79 Å². The van der Waals surface area contributed by atoms with Crippen molar-refractivity contribution in [3.8, 4) is 0 Å². The maximum absolute atomic E-state index is 12.2. The van der Waals surface area contributed by atoms with Crippen molar-refractivity contribution in [3.05, 3.63) is 51.8 Å². The first-order chi connectivity index (χ1) is 12.0. The van der Waals surface area contributed by atoms with Gasteiger partial charge in [-0.1, -0.05) is 42.6 Å². The highest BCUT2D eigenvalue weighted by molar-refractivity contribution is 6.35. The van der Waals surface area contributed by atoms with Crippen molar-refractivity contribution in [1.82, 2.24) is 14.9 Å². The highest BCUT2D eigenvalue weighted by Gasteiger charge is 2.12. The molecular weight excluding hydrogens is 359 g/mol. The first-order valence-electron chi connectivity index (χ1n) is 8.26. The van der Waals surface area contributed by atoms with Crippen LogP contribution >= 0.6 is 23.2 Å². The van der Waals surface area contributed by atoms with Crippen molar-refractivity contribution < 1.29 is 4.79 Å². The molecule has 1 heterocycles. The normalized spacial score (nSPS) is 10.6. The largest absolute Gasteiger partial charge is 0.354 e. The van der Waals surface area contributed by atoms with E-state index in [1.807, 2.05) is 12.1 Å². The van der Waals surface area contributed by atoms with E-state index in [0.717, 1.165) is 31.4 Å². The predicted octanol–water partition coefficient (Wildman–Crippen LogP) is 4.31. The Kier molecular flexibility index (Phi) is 7.47. The number of nitrogens with one attached hydrogen (secondary N) is 1. The van der Waals surface area contributed by atoms with E-state index in [9.17, 15) is 4.79 Å². The third kappa shape index (κ3) is 5.87. The number of halogens is 2. The second-order valence-electron chi connectivity index (χ2n) is 5.79. The maximum atomic E-state index is 12.2. The molecule has 134 valence electrons. The third-order valence-corrected chi connectivity index (χ3v) is 4.37. The summed E-state index contributed by atoms with van der Waals surface area (Å²) in [5.74, 6) is 0.422. The Hall–Kier alpha value is -1.85. The summed E-state index contributed by atoms with van der Waals surface area (Å²) < 4.78 is 0. The number of unbranched alkanes of at least 4 members (excludes halogenated alkanes) is 1. The number of hydrogen-bond donors (Lipinski definition) is 1. The lowest BCUT2D eigenvalue weighted by atomic mass is 10.1. The van der Waals surface area contributed by atoms with E-state index in [2.05, 4.69) is 22.2 Å². The fraction of sp³-hybridized carbons (Fsp3) is 0.389. The number of carbonyl (C=O) groups is 1. The molecule has 0 spiro atoms. The molecule has 2 rings (SSSR count). The van der Waals surface area contributed by atoms with Gasteiger partial charge in [0.1, 0.15) is 0 Å². The number of aromatic nitrogens is 2. The number of nitrogens with zero attached hydrogens (tertiary/aromatic N) is 3. The minimum Gasteiger partial charge on any atom is -0.354 e. The van der Waals surface area contributed by atoms with Gasteiger partial charge in [0.15, 0.2) is 0 Å². The van der Waals surface area contributed by atoms with E-state index in [0.29, 0.717) is 28.1 Å². The molecule has 2 aromatic rings. The zero-order valence-corrected chi connectivity index (χ0v) is 15.9. The van der Waals surface area contributed by atoms with Gasteiger partial charge >= 0.3 is 0 Å². The van der Waals surface area contributed by atoms with Crippen LogP contribution in [0.4, 0.5) is 5.95 Å². The lowest BCUT2D eigenvalue weighted by Crippen LogP contribution is -2.28. The number of amides is 1. The molecule has 0 fully saturated rings. The monoisotopic (exact) mass is 380 g/mol. The zero-order chi connectivity index (χ0) is 18.2. The van der Waals surface area contributed by atoms with Crippen molar-refractivity contribution in [1.29, 1.82) is 0 Å². The van der Waals surface area contributed by atoms with Gasteiger partial charge in [-0.05, 0) is 30.5 Å². The Morgan fingerprint density at radius 1 is 1.24 bits per heavy atom. The molecule has 0 bridgehead atoms. The van der Waals surface area contributed by atoms with Crippen LogP contribution in [0, 0.1) is 0 Å². The quantitative estimate of drug-likeness (QED) is 0.740. The van der Waals surface area contributed by atoms with Gasteiger partial charge in [0.05, 0.1) is 5.56 Å². The van der Waals surface area contributed by atoms with E-state index in [-0.39, 0.29) is 5.91 Å². The molecule has 0 aliphatic carbocycles. The lowest BCUT2D eigenvalue weighted by Gasteiger charge is -2.16. The molecule has 0 radical (unpaired) electrons. The smallest absolute Gasteiger partial charge is 0.256 e. The Labute approximate surface area is 158 Å². The minimum absolute atomic E-state index is 0.0621. The Bertz CT molecular complexity index is 707. The fourth-order valence-corrected chi connectivity index (χ4v) is 2.78. The molecule has 0 aliphatic heterocycles. The van der Waals surface area contributed by atoms with E-state index in [4.69, 9.17) is 23.2 Å². The number of rotatable bonds is 8. The highest BCUT2D eigenvalue weighted by atomic mass is 35.5. The van der Waals surface area contributed by atoms with Crippen molar-refractivity contribution in [2.45, 2.75) is 26.2 Å². The summed E-state index contributed by atoms with van der Waals surface area (Å²) in [6.07, 6.45) is 5.86. The molecule has 7 heteroatoms. The molecule has 1 aromatic heterocycles. The molecule has 25 heavy (non-hydrogen) atoms. The van der Waals surface area contributed by atoms with Gasteiger partial charge in [0, 0.05) is 42.6 Å². The second kappa shape index (κ2) is 9.59. The van der Waals surface area contributed by atoms with E-state index < -0.39 is 0 Å². The van der Waals surface area contributed by atoms with Crippen LogP contribution in [0.25, 0.3) is 0 Å². The van der Waals surface area contributed by atoms with Gasteiger partial charge in [0.2, 0.25) is 5.95 Å². The average Bonchev–Trinajstić information content (AvgIpc) is 2.61. The molecule has 0 atom stereocenters. The second-order valence-corrected chi connectivity index (χ2v) is 6.63. The third-order valence-electron chi connectivity index (χ3n) is 3.79. The summed E-state index contributed by atoms with van der Waals surface area (Å²) in [5, 5.41) is 4.39. The molecular formula is C18H22Cl2N4O. The SMILES string of the molecule is CCCCN(C)C(=O)c1cnc(NCCc2ccc(Cl)cc2Cl)nc1. The van der Waals surface area contributed by atoms with Crippen molar-refractivity contribution in [2.75, 3.05) is 25.5 Å². The van der Waals surface area contributed by atoms with Crippen LogP contribution in [0.1, 0.15) is 35.7 Å². The number of benzene rings is 1. The summed E-state index contributed by atoms with van der Waals surface area (Å²) in [4.78, 5) is 22.3. The summed E-state index contributed by atoms with van der Waals surface area (Å²) in [6.45, 7) is 3.46. The molecule has 0 saturated heterocycles. The topological polar surface area (TPSA) is 58.1 Å². The first kappa shape index (κ1) is 19.5. The average molecular weight is 381 g/mol. The van der Waals surface area contributed by atoms with Gasteiger partial charge in [-0.2, -0.15) is 0 Å². The standard InChI is InChI=1S/C18H22Cl2N4O/c1-3-4-9-24(2)17(25)14-11-22-18(23-12-14)21-8-7-13-5-6-15(19)10-16(13)20/h5-6,10-12H,3-4,7-9H2,1-2H3,(H,21,22,23). The summed E-state index contributed by atoms with van der Waals surface area (Å²) in [7, 11) is 1.79. The van der Waals surface area contributed by atoms with Gasteiger partial charge in [-0.25, -0.2) is 9.97 Å². The molecule has 1 amide bonds. The Morgan fingerprint density at radius 3 is 2.60 bits per heavy atom. The molecule has 0 unspecified atom stereocenters. The van der Waals surface area contributed by atoms with Crippen LogP contribution < -0.4 is 5.32 Å². The first-order valence-corrected chi connectivity index (χ1v) is 9.02. The number of hydrogen-bond acceptors (Lipinski definition) is 4. The van der Waals surface area contributed by atoms with Crippen LogP contribution in [0.3, 0.4) is 0 Å². The van der Waals surface area contributed by atoms with Crippen LogP contribution in [-0.2, 0) is 6.42 Å². The molecule has 1 N–H and O–H groups in total. The van der Waals surface area contributed by atoms with Gasteiger partial charge in [-0.15, -0.1) is 0 Å². The maximum Gasteiger partial charge on any atom is 0.256 e. The molecule has 1 aromatic carbocycles. The number of carbonyl (C=O) groups excluding carboxylic acids is 1. The van der Waals surface area contributed by atoms with Crippen LogP contribution in [-0.4, -0.2) is 40.9 Å². The van der Waals surface area contributed by atoms with Gasteiger partial charge in [0.25, 0.3) is 5.91 Å². The Balaban J connectivity index is 1.86. The van der Waals surface area contributed by atoms with Crippen LogP contribution in [0.5, 0.6) is 0 Å². The predicted molar refractivity (Wildman–Crippen MR) is 103 cm³/mol. The van der Waals surface area contributed by atoms with E-state index in [1.54, 1.807) is 30.4 Å². The summed E-state index contributed by atoms with van der Waals surface area (Å²) in [5.41, 5.74) is 1.49. The molecule has 0 aliphatic rings. The van der Waals surface area contributed by atoms with E-state index >= 15 is 0 Å². The molecule has 5 nitrogen and oxygen atoms in total. The van der Waals surface area contributed by atoms with Crippen LogP contribution in [0.15, 0.2) is 30.6 Å².